The lowest BCUT2D eigenvalue weighted by atomic mass is 9.52. The molecule has 1 aromatic rings. The summed E-state index contributed by atoms with van der Waals surface area (Å²) in [6, 6.07) is 6.80. The highest BCUT2D eigenvalue weighted by Crippen LogP contribution is 2.64. The minimum absolute atomic E-state index is 0.388. The Bertz CT molecular complexity index is 645. The molecule has 0 N–H and O–H groups in total. The van der Waals surface area contributed by atoms with Gasteiger partial charge in [-0.1, -0.05) is 39.0 Å². The van der Waals surface area contributed by atoms with Gasteiger partial charge in [0.25, 0.3) is 0 Å². The molecular formula is C22H30O. The first kappa shape index (κ1) is 15.3. The molecule has 0 saturated heterocycles. The van der Waals surface area contributed by atoms with E-state index in [0.717, 1.165) is 29.4 Å². The standard InChI is InChI=1S/C22H30O/c1-13-11-20-21-14(2)10-16-12-17(23-5)6-7-18(16)19(21)8-9-22(20,4)15(13)3/h6-7,12-14,19-21H,3,8-11H2,1-2,4-5H3/t13?,14?,19-,20+,21-,22-/m1/s1. The fourth-order valence-corrected chi connectivity index (χ4v) is 6.33. The van der Waals surface area contributed by atoms with E-state index in [0.29, 0.717) is 11.3 Å². The molecule has 3 aliphatic carbocycles. The van der Waals surface area contributed by atoms with Crippen LogP contribution in [0, 0.1) is 29.1 Å². The van der Waals surface area contributed by atoms with E-state index in [1.54, 1.807) is 12.7 Å². The van der Waals surface area contributed by atoms with Crippen LogP contribution < -0.4 is 4.74 Å². The van der Waals surface area contributed by atoms with Crippen molar-refractivity contribution in [1.29, 1.82) is 0 Å². The summed E-state index contributed by atoms with van der Waals surface area (Å²) < 4.78 is 5.45. The molecule has 0 bridgehead atoms. The van der Waals surface area contributed by atoms with Crippen LogP contribution in [0.3, 0.4) is 0 Å². The second-order valence-electron chi connectivity index (χ2n) is 8.65. The van der Waals surface area contributed by atoms with Crippen LogP contribution in [0.4, 0.5) is 0 Å². The lowest BCUT2D eigenvalue weighted by Gasteiger charge is -2.52. The summed E-state index contributed by atoms with van der Waals surface area (Å²) in [7, 11) is 1.77. The van der Waals surface area contributed by atoms with Gasteiger partial charge in [-0.25, -0.2) is 0 Å². The van der Waals surface area contributed by atoms with Crippen molar-refractivity contribution in [3.63, 3.8) is 0 Å². The molecule has 23 heavy (non-hydrogen) atoms. The minimum atomic E-state index is 0.388. The number of benzene rings is 1. The van der Waals surface area contributed by atoms with Crippen molar-refractivity contribution >= 4 is 0 Å². The zero-order valence-corrected chi connectivity index (χ0v) is 15.1. The Morgan fingerprint density at radius 3 is 2.78 bits per heavy atom. The highest BCUT2D eigenvalue weighted by molar-refractivity contribution is 5.42. The first-order valence-electron chi connectivity index (χ1n) is 9.31. The predicted molar refractivity (Wildman–Crippen MR) is 95.8 cm³/mol. The summed E-state index contributed by atoms with van der Waals surface area (Å²) in [6.07, 6.45) is 5.21. The molecule has 2 unspecified atom stereocenters. The molecule has 2 fully saturated rings. The molecule has 2 saturated carbocycles. The highest BCUT2D eigenvalue weighted by Gasteiger charge is 2.55. The van der Waals surface area contributed by atoms with Gasteiger partial charge in [-0.05, 0) is 83.9 Å². The Balaban J connectivity index is 1.75. The van der Waals surface area contributed by atoms with Crippen LogP contribution in [0.1, 0.15) is 57.1 Å². The molecular weight excluding hydrogens is 280 g/mol. The van der Waals surface area contributed by atoms with Crippen molar-refractivity contribution < 1.29 is 4.74 Å². The van der Waals surface area contributed by atoms with E-state index in [-0.39, 0.29) is 0 Å². The van der Waals surface area contributed by atoms with Gasteiger partial charge in [0.15, 0.2) is 0 Å². The predicted octanol–water partition coefficient (Wildman–Crippen LogP) is 5.60. The van der Waals surface area contributed by atoms with Crippen LogP contribution in [0.25, 0.3) is 0 Å². The van der Waals surface area contributed by atoms with E-state index in [1.165, 1.54) is 36.8 Å². The molecule has 0 amide bonds. The third kappa shape index (κ3) is 2.05. The van der Waals surface area contributed by atoms with E-state index in [9.17, 15) is 0 Å². The van der Waals surface area contributed by atoms with E-state index in [2.05, 4.69) is 45.5 Å². The summed E-state index contributed by atoms with van der Waals surface area (Å²) in [5.74, 6) is 4.88. The van der Waals surface area contributed by atoms with E-state index < -0.39 is 0 Å². The van der Waals surface area contributed by atoms with Crippen LogP contribution in [0.2, 0.25) is 0 Å². The topological polar surface area (TPSA) is 9.23 Å². The molecule has 0 heterocycles. The van der Waals surface area contributed by atoms with Gasteiger partial charge in [0.1, 0.15) is 5.75 Å². The summed E-state index contributed by atoms with van der Waals surface area (Å²) in [5.41, 5.74) is 5.07. The number of fused-ring (bicyclic) bond motifs is 5. The second-order valence-corrected chi connectivity index (χ2v) is 8.65. The maximum Gasteiger partial charge on any atom is 0.119 e. The second kappa shape index (κ2) is 5.13. The third-order valence-electron chi connectivity index (χ3n) is 7.61. The SMILES string of the molecule is C=C1C(C)C[C@H]2[C@@H]3C(C)Cc4cc(OC)ccc4[C@H]3CC[C@]12C. The molecule has 1 nitrogen and oxygen atoms in total. The molecule has 0 aromatic heterocycles. The monoisotopic (exact) mass is 310 g/mol. The number of hydrogen-bond acceptors (Lipinski definition) is 1. The molecule has 0 spiro atoms. The van der Waals surface area contributed by atoms with Gasteiger partial charge in [-0.2, -0.15) is 0 Å². The molecule has 0 radical (unpaired) electrons. The first-order chi connectivity index (χ1) is 11.0. The average molecular weight is 310 g/mol. The van der Waals surface area contributed by atoms with Gasteiger partial charge < -0.3 is 4.74 Å². The number of allylic oxidation sites excluding steroid dienone is 1. The molecule has 124 valence electrons. The Hall–Kier alpha value is -1.24. The quantitative estimate of drug-likeness (QED) is 0.613. The third-order valence-corrected chi connectivity index (χ3v) is 7.61. The van der Waals surface area contributed by atoms with Crippen molar-refractivity contribution in [2.24, 2.45) is 29.1 Å². The lowest BCUT2D eigenvalue weighted by molar-refractivity contribution is 0.0486. The summed E-state index contributed by atoms with van der Waals surface area (Å²) in [4.78, 5) is 0. The fourth-order valence-electron chi connectivity index (χ4n) is 6.33. The van der Waals surface area contributed by atoms with Gasteiger partial charge in [-0.15, -0.1) is 0 Å². The van der Waals surface area contributed by atoms with Gasteiger partial charge in [-0.3, -0.25) is 0 Å². The summed E-state index contributed by atoms with van der Waals surface area (Å²) in [6.45, 7) is 11.9. The van der Waals surface area contributed by atoms with Gasteiger partial charge in [0.05, 0.1) is 7.11 Å². The van der Waals surface area contributed by atoms with Crippen molar-refractivity contribution in [2.45, 2.75) is 52.4 Å². The fraction of sp³-hybridized carbons (Fsp3) is 0.636. The zero-order valence-electron chi connectivity index (χ0n) is 15.1. The smallest absolute Gasteiger partial charge is 0.119 e. The van der Waals surface area contributed by atoms with Crippen LogP contribution in [0.15, 0.2) is 30.4 Å². The van der Waals surface area contributed by atoms with E-state index >= 15 is 0 Å². The highest BCUT2D eigenvalue weighted by atomic mass is 16.5. The molecule has 3 aliphatic rings. The molecule has 1 heteroatoms. The Labute approximate surface area is 141 Å². The maximum atomic E-state index is 5.45. The summed E-state index contributed by atoms with van der Waals surface area (Å²) >= 11 is 0. The lowest BCUT2D eigenvalue weighted by Crippen LogP contribution is -2.43. The van der Waals surface area contributed by atoms with E-state index in [1.807, 2.05) is 0 Å². The van der Waals surface area contributed by atoms with Crippen LogP contribution in [0.5, 0.6) is 5.75 Å². The number of ether oxygens (including phenoxy) is 1. The Kier molecular flexibility index (Phi) is 3.41. The molecule has 4 rings (SSSR count). The van der Waals surface area contributed by atoms with Crippen LogP contribution in [-0.4, -0.2) is 7.11 Å². The van der Waals surface area contributed by atoms with Crippen molar-refractivity contribution in [3.05, 3.63) is 41.5 Å². The number of hydrogen-bond donors (Lipinski definition) is 0. The van der Waals surface area contributed by atoms with Crippen molar-refractivity contribution in [3.8, 4) is 5.75 Å². The zero-order chi connectivity index (χ0) is 16.4. The number of methoxy groups -OCH3 is 1. The van der Waals surface area contributed by atoms with Gasteiger partial charge in [0.2, 0.25) is 0 Å². The van der Waals surface area contributed by atoms with Crippen LogP contribution in [-0.2, 0) is 6.42 Å². The largest absolute Gasteiger partial charge is 0.497 e. The maximum absolute atomic E-state index is 5.45. The van der Waals surface area contributed by atoms with Gasteiger partial charge >= 0.3 is 0 Å². The Morgan fingerprint density at radius 1 is 1.26 bits per heavy atom. The van der Waals surface area contributed by atoms with E-state index in [4.69, 9.17) is 4.74 Å². The number of rotatable bonds is 1. The van der Waals surface area contributed by atoms with Crippen molar-refractivity contribution in [1.82, 2.24) is 0 Å². The van der Waals surface area contributed by atoms with Crippen molar-refractivity contribution in [2.75, 3.05) is 7.11 Å². The molecule has 6 atom stereocenters. The summed E-state index contributed by atoms with van der Waals surface area (Å²) in [5, 5.41) is 0. The van der Waals surface area contributed by atoms with Gasteiger partial charge in [0, 0.05) is 0 Å². The first-order valence-corrected chi connectivity index (χ1v) is 9.31. The minimum Gasteiger partial charge on any atom is -0.497 e. The normalized spacial score (nSPS) is 41.9. The molecule has 0 aliphatic heterocycles. The average Bonchev–Trinajstić information content (AvgIpc) is 2.77. The molecule has 1 aromatic carbocycles. The Morgan fingerprint density at radius 2 is 2.04 bits per heavy atom. The van der Waals surface area contributed by atoms with Crippen LogP contribution >= 0.6 is 0 Å².